The smallest absolute Gasteiger partial charge is 0.243 e. The number of allylic oxidation sites excluding steroid dienone is 2. The molecule has 1 aliphatic carbocycles. The molecule has 6 heteroatoms. The van der Waals surface area contributed by atoms with Crippen LogP contribution in [0.25, 0.3) is 0 Å². The predicted octanol–water partition coefficient (Wildman–Crippen LogP) is 3.50. The van der Waals surface area contributed by atoms with E-state index in [0.717, 1.165) is 5.56 Å². The SMILES string of the molecule is CC(C)=C[C@H]1[C@H](C(=O)NC2CCN(S(=O)(=O)c3ccc(C)cc3)CC2)C1(C)C. The lowest BCUT2D eigenvalue weighted by atomic mass is 10.1. The van der Waals surface area contributed by atoms with Crippen LogP contribution in [0, 0.1) is 24.2 Å². The van der Waals surface area contributed by atoms with Gasteiger partial charge in [0.2, 0.25) is 15.9 Å². The molecule has 28 heavy (non-hydrogen) atoms. The molecule has 0 unspecified atom stereocenters. The van der Waals surface area contributed by atoms with Gasteiger partial charge in [-0.3, -0.25) is 4.79 Å². The van der Waals surface area contributed by atoms with Crippen LogP contribution in [0.15, 0.2) is 40.8 Å². The summed E-state index contributed by atoms with van der Waals surface area (Å²) in [7, 11) is -3.46. The first-order chi connectivity index (χ1) is 13.0. The summed E-state index contributed by atoms with van der Waals surface area (Å²) in [6.45, 7) is 11.2. The summed E-state index contributed by atoms with van der Waals surface area (Å²) in [5.41, 5.74) is 2.27. The molecule has 0 bridgehead atoms. The van der Waals surface area contributed by atoms with Crippen molar-refractivity contribution < 1.29 is 13.2 Å². The summed E-state index contributed by atoms with van der Waals surface area (Å²) < 4.78 is 27.2. The van der Waals surface area contributed by atoms with Crippen LogP contribution in [0.5, 0.6) is 0 Å². The van der Waals surface area contributed by atoms with E-state index in [2.05, 4.69) is 39.1 Å². The summed E-state index contributed by atoms with van der Waals surface area (Å²) >= 11 is 0. The summed E-state index contributed by atoms with van der Waals surface area (Å²) in [6.07, 6.45) is 3.50. The Morgan fingerprint density at radius 2 is 1.71 bits per heavy atom. The highest BCUT2D eigenvalue weighted by atomic mass is 32.2. The number of rotatable bonds is 5. The molecular formula is C22H32N2O3S. The third-order valence-electron chi connectivity index (χ3n) is 6.17. The van der Waals surface area contributed by atoms with Crippen LogP contribution >= 0.6 is 0 Å². The zero-order valence-electron chi connectivity index (χ0n) is 17.5. The third-order valence-corrected chi connectivity index (χ3v) is 8.08. The highest BCUT2D eigenvalue weighted by molar-refractivity contribution is 7.89. The van der Waals surface area contributed by atoms with Crippen molar-refractivity contribution in [3.05, 3.63) is 41.5 Å². The van der Waals surface area contributed by atoms with E-state index in [9.17, 15) is 13.2 Å². The van der Waals surface area contributed by atoms with Gasteiger partial charge in [0.15, 0.2) is 0 Å². The van der Waals surface area contributed by atoms with Gasteiger partial charge in [-0.05, 0) is 57.1 Å². The molecule has 154 valence electrons. The van der Waals surface area contributed by atoms with E-state index in [1.807, 2.05) is 19.1 Å². The van der Waals surface area contributed by atoms with E-state index in [1.165, 1.54) is 9.88 Å². The monoisotopic (exact) mass is 404 g/mol. The molecule has 1 heterocycles. The molecule has 1 saturated carbocycles. The number of carbonyl (C=O) groups excluding carboxylic acids is 1. The lowest BCUT2D eigenvalue weighted by Gasteiger charge is -2.31. The van der Waals surface area contributed by atoms with Crippen LogP contribution in [0.1, 0.15) is 46.1 Å². The fourth-order valence-electron chi connectivity index (χ4n) is 4.24. The average molecular weight is 405 g/mol. The third kappa shape index (κ3) is 4.18. The molecule has 1 saturated heterocycles. The molecule has 1 amide bonds. The van der Waals surface area contributed by atoms with E-state index in [-0.39, 0.29) is 23.3 Å². The zero-order valence-corrected chi connectivity index (χ0v) is 18.3. The number of amides is 1. The van der Waals surface area contributed by atoms with Crippen LogP contribution < -0.4 is 5.32 Å². The second kappa shape index (κ2) is 7.64. The van der Waals surface area contributed by atoms with Crippen molar-refractivity contribution in [1.29, 1.82) is 0 Å². The summed E-state index contributed by atoms with van der Waals surface area (Å²) in [5.74, 6) is 0.406. The summed E-state index contributed by atoms with van der Waals surface area (Å²) in [6, 6.07) is 7.01. The Morgan fingerprint density at radius 3 is 2.25 bits per heavy atom. The Morgan fingerprint density at radius 1 is 1.14 bits per heavy atom. The minimum absolute atomic E-state index is 0.00314. The highest BCUT2D eigenvalue weighted by Gasteiger charge is 2.60. The summed E-state index contributed by atoms with van der Waals surface area (Å²) in [5, 5.41) is 3.17. The predicted molar refractivity (Wildman–Crippen MR) is 111 cm³/mol. The lowest BCUT2D eigenvalue weighted by Crippen LogP contribution is -2.47. The fraction of sp³-hybridized carbons (Fsp3) is 0.591. The minimum Gasteiger partial charge on any atom is -0.353 e. The Bertz CT molecular complexity index is 860. The van der Waals surface area contributed by atoms with Crippen LogP contribution in [0.4, 0.5) is 0 Å². The molecule has 1 aromatic carbocycles. The molecule has 1 N–H and O–H groups in total. The number of benzene rings is 1. The van der Waals surface area contributed by atoms with Gasteiger partial charge in [-0.25, -0.2) is 8.42 Å². The van der Waals surface area contributed by atoms with Crippen LogP contribution in [0.2, 0.25) is 0 Å². The van der Waals surface area contributed by atoms with Crippen LogP contribution in [-0.4, -0.2) is 37.8 Å². The number of nitrogens with one attached hydrogen (secondary N) is 1. The molecule has 2 aliphatic rings. The maximum Gasteiger partial charge on any atom is 0.243 e. The van der Waals surface area contributed by atoms with E-state index in [4.69, 9.17) is 0 Å². The fourth-order valence-corrected chi connectivity index (χ4v) is 5.71. The number of aryl methyl sites for hydroxylation is 1. The van der Waals surface area contributed by atoms with Crippen LogP contribution in [-0.2, 0) is 14.8 Å². The number of hydrogen-bond donors (Lipinski definition) is 1. The van der Waals surface area contributed by atoms with Gasteiger partial charge in [-0.2, -0.15) is 4.31 Å². The van der Waals surface area contributed by atoms with Crippen molar-refractivity contribution in [3.8, 4) is 0 Å². The largest absolute Gasteiger partial charge is 0.353 e. The first kappa shape index (κ1) is 21.1. The van der Waals surface area contributed by atoms with Crippen molar-refractivity contribution in [2.45, 2.75) is 58.4 Å². The van der Waals surface area contributed by atoms with Gasteiger partial charge in [0.05, 0.1) is 10.8 Å². The topological polar surface area (TPSA) is 66.5 Å². The van der Waals surface area contributed by atoms with Gasteiger partial charge in [-0.15, -0.1) is 0 Å². The molecule has 1 aliphatic heterocycles. The van der Waals surface area contributed by atoms with Crippen LogP contribution in [0.3, 0.4) is 0 Å². The maximum absolute atomic E-state index is 12.8. The first-order valence-electron chi connectivity index (χ1n) is 10.1. The van der Waals surface area contributed by atoms with Gasteiger partial charge < -0.3 is 5.32 Å². The standard InChI is InChI=1S/C22H32N2O3S/c1-15(2)14-19-20(22(19,4)5)21(25)23-17-10-12-24(13-11-17)28(26,27)18-8-6-16(3)7-9-18/h6-9,14,17,19-20H,10-13H2,1-5H3,(H,23,25)/t19-,20+/m0/s1. The highest BCUT2D eigenvalue weighted by Crippen LogP contribution is 2.59. The number of nitrogens with zero attached hydrogens (tertiary/aromatic N) is 1. The second-order valence-electron chi connectivity index (χ2n) is 9.07. The normalized spacial score (nSPS) is 25.2. The minimum atomic E-state index is -3.46. The Kier molecular flexibility index (Phi) is 5.74. The Balaban J connectivity index is 1.57. The number of sulfonamides is 1. The molecule has 2 fully saturated rings. The van der Waals surface area contributed by atoms with Gasteiger partial charge >= 0.3 is 0 Å². The van der Waals surface area contributed by atoms with Gasteiger partial charge in [0.1, 0.15) is 0 Å². The Hall–Kier alpha value is -1.66. The molecule has 1 aromatic rings. The zero-order chi connectivity index (χ0) is 20.7. The second-order valence-corrected chi connectivity index (χ2v) is 11.0. The van der Waals surface area contributed by atoms with Crippen molar-refractivity contribution in [2.75, 3.05) is 13.1 Å². The van der Waals surface area contributed by atoms with Crippen molar-refractivity contribution >= 4 is 15.9 Å². The number of piperidine rings is 1. The van der Waals surface area contributed by atoms with Gasteiger partial charge in [0.25, 0.3) is 0 Å². The van der Waals surface area contributed by atoms with Crippen molar-refractivity contribution in [2.24, 2.45) is 17.3 Å². The molecular weight excluding hydrogens is 372 g/mol. The van der Waals surface area contributed by atoms with E-state index in [1.54, 1.807) is 12.1 Å². The van der Waals surface area contributed by atoms with E-state index < -0.39 is 10.0 Å². The average Bonchev–Trinajstić information content (AvgIpc) is 3.15. The van der Waals surface area contributed by atoms with Gasteiger partial charge in [0, 0.05) is 19.1 Å². The van der Waals surface area contributed by atoms with Crippen molar-refractivity contribution in [1.82, 2.24) is 9.62 Å². The number of hydrogen-bond acceptors (Lipinski definition) is 3. The maximum atomic E-state index is 12.8. The van der Waals surface area contributed by atoms with E-state index >= 15 is 0 Å². The number of carbonyl (C=O) groups is 1. The Labute approximate surface area is 169 Å². The molecule has 0 spiro atoms. The lowest BCUT2D eigenvalue weighted by molar-refractivity contribution is -0.124. The molecule has 2 atom stereocenters. The van der Waals surface area contributed by atoms with Gasteiger partial charge in [-0.1, -0.05) is 43.2 Å². The molecule has 5 nitrogen and oxygen atoms in total. The summed E-state index contributed by atoms with van der Waals surface area (Å²) in [4.78, 5) is 13.1. The molecule has 0 aromatic heterocycles. The molecule has 3 rings (SSSR count). The first-order valence-corrected chi connectivity index (χ1v) is 11.5. The molecule has 0 radical (unpaired) electrons. The quantitative estimate of drug-likeness (QED) is 0.764. The van der Waals surface area contributed by atoms with Crippen molar-refractivity contribution in [3.63, 3.8) is 0 Å². The van der Waals surface area contributed by atoms with E-state index in [0.29, 0.717) is 36.7 Å².